The fraction of sp³-hybridized carbons (Fsp3) is 0.167. The average molecular weight is 340 g/mol. The first-order chi connectivity index (χ1) is 11.7. The first-order valence-electron chi connectivity index (χ1n) is 7.68. The monoisotopic (exact) mass is 340 g/mol. The maximum Gasteiger partial charge on any atom is 0.281 e. The molecule has 2 heterocycles. The molecule has 2 unspecified atom stereocenters. The second kappa shape index (κ2) is 6.22. The Morgan fingerprint density at radius 1 is 1.12 bits per heavy atom. The van der Waals surface area contributed by atoms with Crippen LogP contribution in [0.2, 0.25) is 0 Å². The van der Waals surface area contributed by atoms with Crippen LogP contribution in [0, 0.1) is 0 Å². The number of carbonyl (C=O) groups excluding carboxylic acids is 1. The van der Waals surface area contributed by atoms with Gasteiger partial charge in [0.05, 0.1) is 10.8 Å². The molecule has 1 saturated heterocycles. The van der Waals surface area contributed by atoms with Crippen molar-refractivity contribution in [1.29, 1.82) is 0 Å². The number of hydrogen-bond acceptors (Lipinski definition) is 4. The van der Waals surface area contributed by atoms with Crippen LogP contribution in [0.25, 0.3) is 10.9 Å². The van der Waals surface area contributed by atoms with E-state index in [2.05, 4.69) is 5.32 Å². The molecule has 2 atom stereocenters. The van der Waals surface area contributed by atoms with Gasteiger partial charge in [0.15, 0.2) is 5.75 Å². The Hall–Kier alpha value is -2.44. The molecule has 0 radical (unpaired) electrons. The molecule has 2 aromatic carbocycles. The number of aliphatic hydroxyl groups is 1. The molecule has 1 aliphatic rings. The van der Waals surface area contributed by atoms with Gasteiger partial charge in [-0.2, -0.15) is 4.73 Å². The van der Waals surface area contributed by atoms with E-state index in [1.165, 1.54) is 0 Å². The molecule has 1 aromatic heterocycles. The predicted molar refractivity (Wildman–Crippen MR) is 94.0 cm³/mol. The highest BCUT2D eigenvalue weighted by Gasteiger charge is 2.31. The van der Waals surface area contributed by atoms with Crippen LogP contribution in [-0.2, 0) is 6.42 Å². The zero-order valence-corrected chi connectivity index (χ0v) is 13.6. The molecule has 2 N–H and O–H groups in total. The Kier molecular flexibility index (Phi) is 3.92. The van der Waals surface area contributed by atoms with Crippen molar-refractivity contribution in [2.24, 2.45) is 0 Å². The van der Waals surface area contributed by atoms with Crippen LogP contribution in [0.1, 0.15) is 5.56 Å². The summed E-state index contributed by atoms with van der Waals surface area (Å²) in [5.74, 6) is 0.730. The summed E-state index contributed by atoms with van der Waals surface area (Å²) in [5, 5.41) is 13.1. The lowest BCUT2D eigenvalue weighted by Crippen LogP contribution is -2.31. The van der Waals surface area contributed by atoms with Gasteiger partial charge in [0.25, 0.3) is 5.24 Å². The molecule has 0 aliphatic carbocycles. The Labute approximate surface area is 143 Å². The van der Waals surface area contributed by atoms with Crippen molar-refractivity contribution in [3.63, 3.8) is 0 Å². The molecule has 6 heteroatoms. The zero-order chi connectivity index (χ0) is 16.5. The molecule has 1 aliphatic heterocycles. The molecule has 0 saturated carbocycles. The maximum atomic E-state index is 11.3. The summed E-state index contributed by atoms with van der Waals surface area (Å²) in [4.78, 5) is 17.2. The smallest absolute Gasteiger partial charge is 0.281 e. The minimum absolute atomic E-state index is 0.155. The minimum atomic E-state index is -0.787. The van der Waals surface area contributed by atoms with Gasteiger partial charge in [0.1, 0.15) is 6.23 Å². The summed E-state index contributed by atoms with van der Waals surface area (Å²) in [6.07, 6.45) is 1.73. The number of carbonyl (C=O) groups is 1. The Morgan fingerprint density at radius 2 is 1.92 bits per heavy atom. The van der Waals surface area contributed by atoms with E-state index in [1.54, 1.807) is 4.73 Å². The summed E-state index contributed by atoms with van der Waals surface area (Å²) < 4.78 is 1.74. The number of para-hydroxylation sites is 1. The second-order valence-corrected chi connectivity index (χ2v) is 6.88. The van der Waals surface area contributed by atoms with Crippen molar-refractivity contribution < 1.29 is 14.7 Å². The van der Waals surface area contributed by atoms with Crippen LogP contribution < -0.4 is 10.2 Å². The number of aliphatic hydroxyl groups excluding tert-OH is 1. The van der Waals surface area contributed by atoms with Gasteiger partial charge in [0, 0.05) is 11.6 Å². The van der Waals surface area contributed by atoms with E-state index in [-0.39, 0.29) is 10.5 Å². The summed E-state index contributed by atoms with van der Waals surface area (Å²) in [5.41, 5.74) is 2.06. The number of rotatable bonds is 4. The highest BCUT2D eigenvalue weighted by molar-refractivity contribution is 8.14. The third kappa shape index (κ3) is 2.98. The maximum absolute atomic E-state index is 11.3. The summed E-state index contributed by atoms with van der Waals surface area (Å²) in [6, 6.07) is 17.7. The number of fused-ring (bicyclic) bond motifs is 1. The Morgan fingerprint density at radius 3 is 2.67 bits per heavy atom. The molecule has 122 valence electrons. The van der Waals surface area contributed by atoms with Crippen molar-refractivity contribution in [2.45, 2.75) is 17.9 Å². The molecular formula is C18H16N2O3S. The standard InChI is InChI=1S/C18H16N2O3S/c21-17-16(24-18(22)19-17)11-12-5-7-14(8-6-12)23-20-10-9-13-3-1-2-4-15(13)20/h1-10,16-17,21H,11H2,(H,19,22). The van der Waals surface area contributed by atoms with Crippen LogP contribution in [0.4, 0.5) is 4.79 Å². The summed E-state index contributed by atoms with van der Waals surface area (Å²) in [6.45, 7) is 0. The lowest BCUT2D eigenvalue weighted by atomic mass is 10.1. The van der Waals surface area contributed by atoms with E-state index in [0.717, 1.165) is 34.0 Å². The van der Waals surface area contributed by atoms with Gasteiger partial charge in [-0.3, -0.25) is 4.79 Å². The third-order valence-electron chi connectivity index (χ3n) is 4.00. The quantitative estimate of drug-likeness (QED) is 0.766. The molecule has 4 rings (SSSR count). The molecular weight excluding hydrogens is 324 g/mol. The van der Waals surface area contributed by atoms with Crippen molar-refractivity contribution in [1.82, 2.24) is 10.0 Å². The van der Waals surface area contributed by atoms with Crippen molar-refractivity contribution in [3.05, 3.63) is 66.4 Å². The first kappa shape index (κ1) is 15.1. The second-order valence-electron chi connectivity index (χ2n) is 5.67. The van der Waals surface area contributed by atoms with Crippen molar-refractivity contribution >= 4 is 27.9 Å². The predicted octanol–water partition coefficient (Wildman–Crippen LogP) is 3.17. The van der Waals surface area contributed by atoms with Crippen LogP contribution >= 0.6 is 11.8 Å². The number of aromatic nitrogens is 1. The number of benzene rings is 2. The van der Waals surface area contributed by atoms with Gasteiger partial charge >= 0.3 is 0 Å². The molecule has 3 aromatic rings. The van der Waals surface area contributed by atoms with E-state index in [0.29, 0.717) is 6.42 Å². The van der Waals surface area contributed by atoms with E-state index in [9.17, 15) is 9.90 Å². The minimum Gasteiger partial charge on any atom is -0.375 e. The third-order valence-corrected chi connectivity index (χ3v) is 5.06. The molecule has 24 heavy (non-hydrogen) atoms. The fourth-order valence-electron chi connectivity index (χ4n) is 2.77. The molecule has 0 bridgehead atoms. The van der Waals surface area contributed by atoms with Gasteiger partial charge in [0.2, 0.25) is 0 Å². The highest BCUT2D eigenvalue weighted by Crippen LogP contribution is 2.26. The van der Waals surface area contributed by atoms with Gasteiger partial charge < -0.3 is 15.3 Å². The largest absolute Gasteiger partial charge is 0.375 e. The zero-order valence-electron chi connectivity index (χ0n) is 12.8. The SMILES string of the molecule is O=C1NC(O)C(Cc2ccc(On3ccc4ccccc43)cc2)S1. The van der Waals surface area contributed by atoms with E-state index < -0.39 is 6.23 Å². The van der Waals surface area contributed by atoms with Crippen molar-refractivity contribution in [2.75, 3.05) is 0 Å². The van der Waals surface area contributed by atoms with Gasteiger partial charge in [-0.05, 0) is 36.2 Å². The molecule has 5 nitrogen and oxygen atoms in total. The first-order valence-corrected chi connectivity index (χ1v) is 8.55. The molecule has 0 spiro atoms. The lowest BCUT2D eigenvalue weighted by Gasteiger charge is -2.12. The molecule has 1 amide bonds. The fourth-order valence-corrected chi connectivity index (χ4v) is 3.71. The number of hydrogen-bond donors (Lipinski definition) is 2. The number of nitrogens with one attached hydrogen (secondary N) is 1. The Bertz CT molecular complexity index is 875. The van der Waals surface area contributed by atoms with E-state index >= 15 is 0 Å². The van der Waals surface area contributed by atoms with Gasteiger partial charge in [-0.1, -0.05) is 42.1 Å². The molecule has 1 fully saturated rings. The summed E-state index contributed by atoms with van der Waals surface area (Å²) in [7, 11) is 0. The van der Waals surface area contributed by atoms with Crippen LogP contribution in [-0.4, -0.2) is 26.6 Å². The van der Waals surface area contributed by atoms with Crippen LogP contribution in [0.15, 0.2) is 60.8 Å². The topological polar surface area (TPSA) is 63.5 Å². The summed E-state index contributed by atoms with van der Waals surface area (Å²) >= 11 is 1.14. The van der Waals surface area contributed by atoms with Crippen LogP contribution in [0.5, 0.6) is 5.75 Å². The van der Waals surface area contributed by atoms with Crippen molar-refractivity contribution in [3.8, 4) is 5.75 Å². The van der Waals surface area contributed by atoms with Gasteiger partial charge in [-0.15, -0.1) is 0 Å². The van der Waals surface area contributed by atoms with E-state index in [4.69, 9.17) is 4.84 Å². The Balaban J connectivity index is 1.47. The highest BCUT2D eigenvalue weighted by atomic mass is 32.2. The van der Waals surface area contributed by atoms with Gasteiger partial charge in [-0.25, -0.2) is 0 Å². The van der Waals surface area contributed by atoms with E-state index in [1.807, 2.05) is 60.8 Å². The number of amides is 1. The van der Waals surface area contributed by atoms with Crippen LogP contribution in [0.3, 0.4) is 0 Å². The number of thioether (sulfide) groups is 1. The lowest BCUT2D eigenvalue weighted by molar-refractivity contribution is 0.152. The average Bonchev–Trinajstić information content (AvgIpc) is 3.13. The normalized spacial score (nSPS) is 20.3. The number of nitrogens with zero attached hydrogens (tertiary/aromatic N) is 1.